The van der Waals surface area contributed by atoms with Gasteiger partial charge in [-0.1, -0.05) is 18.2 Å². The van der Waals surface area contributed by atoms with Crippen molar-refractivity contribution in [2.24, 2.45) is 0 Å². The van der Waals surface area contributed by atoms with Gasteiger partial charge in [0.25, 0.3) is 0 Å². The molecule has 6 nitrogen and oxygen atoms in total. The Morgan fingerprint density at radius 3 is 2.43 bits per heavy atom. The van der Waals surface area contributed by atoms with Crippen LogP contribution in [-0.2, 0) is 16.6 Å². The van der Waals surface area contributed by atoms with Crippen LogP contribution in [-0.4, -0.2) is 22.6 Å². The molecule has 120 valence electrons. The van der Waals surface area contributed by atoms with Gasteiger partial charge in [0.05, 0.1) is 24.7 Å². The number of nitriles is 1. The molecule has 7 heteroatoms. The van der Waals surface area contributed by atoms with Crippen molar-refractivity contribution in [3.05, 3.63) is 53.6 Å². The van der Waals surface area contributed by atoms with Gasteiger partial charge in [0.1, 0.15) is 6.07 Å². The average Bonchev–Trinajstić information content (AvgIpc) is 2.59. The van der Waals surface area contributed by atoms with Crippen LogP contribution in [0.4, 0.5) is 0 Å². The summed E-state index contributed by atoms with van der Waals surface area (Å²) < 4.78 is 37.5. The molecule has 0 aliphatic heterocycles. The van der Waals surface area contributed by atoms with Crippen molar-refractivity contribution < 1.29 is 17.9 Å². The van der Waals surface area contributed by atoms with Gasteiger partial charge in [-0.05, 0) is 29.8 Å². The third kappa shape index (κ3) is 3.80. The summed E-state index contributed by atoms with van der Waals surface area (Å²) in [6, 6.07) is 13.1. The maximum atomic E-state index is 12.3. The largest absolute Gasteiger partial charge is 0.493 e. The molecule has 2 aromatic carbocycles. The number of nitrogens with one attached hydrogen (secondary N) is 1. The molecule has 0 saturated carbocycles. The Morgan fingerprint density at radius 1 is 1.09 bits per heavy atom. The molecule has 2 aromatic rings. The molecule has 0 fully saturated rings. The summed E-state index contributed by atoms with van der Waals surface area (Å²) in [4.78, 5) is -0.0389. The fraction of sp³-hybridized carbons (Fsp3) is 0.188. The van der Waals surface area contributed by atoms with Crippen LogP contribution in [0.2, 0.25) is 0 Å². The minimum atomic E-state index is -3.78. The lowest BCUT2D eigenvalue weighted by atomic mass is 10.2. The molecule has 2 rings (SSSR count). The minimum absolute atomic E-state index is 0.0389. The average molecular weight is 332 g/mol. The Hall–Kier alpha value is -2.56. The molecule has 1 N–H and O–H groups in total. The Bertz CT molecular complexity index is 841. The summed E-state index contributed by atoms with van der Waals surface area (Å²) in [7, 11) is -0.745. The highest BCUT2D eigenvalue weighted by Gasteiger charge is 2.18. The fourth-order valence-corrected chi connectivity index (χ4v) is 3.21. The highest BCUT2D eigenvalue weighted by molar-refractivity contribution is 7.89. The van der Waals surface area contributed by atoms with E-state index < -0.39 is 10.0 Å². The van der Waals surface area contributed by atoms with Gasteiger partial charge in [0, 0.05) is 6.54 Å². The van der Waals surface area contributed by atoms with Crippen molar-refractivity contribution in [1.82, 2.24) is 4.72 Å². The van der Waals surface area contributed by atoms with Crippen LogP contribution < -0.4 is 14.2 Å². The van der Waals surface area contributed by atoms with Crippen LogP contribution in [0.5, 0.6) is 11.5 Å². The van der Waals surface area contributed by atoms with Crippen molar-refractivity contribution >= 4 is 10.0 Å². The molecule has 0 heterocycles. The number of ether oxygens (including phenoxy) is 2. The van der Waals surface area contributed by atoms with Gasteiger partial charge in [0.2, 0.25) is 10.0 Å². The smallest absolute Gasteiger partial charge is 0.242 e. The van der Waals surface area contributed by atoms with E-state index in [0.717, 1.165) is 0 Å². The topological polar surface area (TPSA) is 88.4 Å². The van der Waals surface area contributed by atoms with Crippen LogP contribution in [0.15, 0.2) is 47.4 Å². The zero-order chi connectivity index (χ0) is 16.9. The molecule has 0 spiro atoms. The zero-order valence-electron chi connectivity index (χ0n) is 12.7. The van der Waals surface area contributed by atoms with Crippen LogP contribution >= 0.6 is 0 Å². The number of hydrogen-bond donors (Lipinski definition) is 1. The fourth-order valence-electron chi connectivity index (χ4n) is 2.04. The first-order chi connectivity index (χ1) is 11.0. The first-order valence-corrected chi connectivity index (χ1v) is 8.20. The molecule has 0 bridgehead atoms. The Morgan fingerprint density at radius 2 is 1.78 bits per heavy atom. The van der Waals surface area contributed by atoms with Crippen molar-refractivity contribution in [1.29, 1.82) is 5.26 Å². The molecule has 0 aliphatic rings. The summed E-state index contributed by atoms with van der Waals surface area (Å²) in [6.45, 7) is 0.0719. The number of sulfonamides is 1. The number of rotatable bonds is 6. The third-order valence-corrected chi connectivity index (χ3v) is 4.67. The van der Waals surface area contributed by atoms with Crippen molar-refractivity contribution in [2.75, 3.05) is 14.2 Å². The number of nitrogens with zero attached hydrogens (tertiary/aromatic N) is 1. The first-order valence-electron chi connectivity index (χ1n) is 6.71. The normalized spacial score (nSPS) is 10.8. The zero-order valence-corrected chi connectivity index (χ0v) is 13.6. The Balaban J connectivity index is 2.21. The first kappa shape index (κ1) is 16.8. The Kier molecular flexibility index (Phi) is 5.21. The highest BCUT2D eigenvalue weighted by atomic mass is 32.2. The summed E-state index contributed by atoms with van der Waals surface area (Å²) >= 11 is 0. The molecule has 0 saturated heterocycles. The van der Waals surface area contributed by atoms with E-state index in [2.05, 4.69) is 4.72 Å². The SMILES string of the molecule is COc1ccc(CNS(=O)(=O)c2ccccc2C#N)cc1OC. The predicted octanol–water partition coefficient (Wildman–Crippen LogP) is 2.05. The van der Waals surface area contributed by atoms with Gasteiger partial charge in [0.15, 0.2) is 11.5 Å². The van der Waals surface area contributed by atoms with Crippen molar-refractivity contribution in [3.63, 3.8) is 0 Å². The molecule has 23 heavy (non-hydrogen) atoms. The monoisotopic (exact) mass is 332 g/mol. The number of benzene rings is 2. The number of methoxy groups -OCH3 is 2. The quantitative estimate of drug-likeness (QED) is 0.874. The predicted molar refractivity (Wildman–Crippen MR) is 84.7 cm³/mol. The lowest BCUT2D eigenvalue weighted by Gasteiger charge is -2.11. The van der Waals surface area contributed by atoms with Crippen molar-refractivity contribution in [3.8, 4) is 17.6 Å². The number of hydrogen-bond acceptors (Lipinski definition) is 5. The second-order valence-corrected chi connectivity index (χ2v) is 6.36. The highest BCUT2D eigenvalue weighted by Crippen LogP contribution is 2.27. The van der Waals surface area contributed by atoms with Gasteiger partial charge in [-0.25, -0.2) is 13.1 Å². The standard InChI is InChI=1S/C16H16N2O4S/c1-21-14-8-7-12(9-15(14)22-2)11-18-23(19,20)16-6-4-3-5-13(16)10-17/h3-9,18H,11H2,1-2H3. The lowest BCUT2D eigenvalue weighted by Crippen LogP contribution is -2.24. The van der Waals surface area contributed by atoms with Gasteiger partial charge >= 0.3 is 0 Å². The summed E-state index contributed by atoms with van der Waals surface area (Å²) in [5.41, 5.74) is 0.813. The van der Waals surface area contributed by atoms with E-state index in [1.54, 1.807) is 30.3 Å². The maximum Gasteiger partial charge on any atom is 0.242 e. The molecule has 0 aromatic heterocycles. The molecule has 0 aliphatic carbocycles. The van der Waals surface area contributed by atoms with Crippen LogP contribution in [0.1, 0.15) is 11.1 Å². The second kappa shape index (κ2) is 7.13. The third-order valence-electron chi connectivity index (χ3n) is 3.21. The van der Waals surface area contributed by atoms with E-state index in [1.807, 2.05) is 6.07 Å². The molecular weight excluding hydrogens is 316 g/mol. The lowest BCUT2D eigenvalue weighted by molar-refractivity contribution is 0.354. The van der Waals surface area contributed by atoms with Gasteiger partial charge in [-0.15, -0.1) is 0 Å². The minimum Gasteiger partial charge on any atom is -0.493 e. The molecule has 0 unspecified atom stereocenters. The second-order valence-electron chi connectivity index (χ2n) is 4.62. The van der Waals surface area contributed by atoms with Crippen LogP contribution in [0.25, 0.3) is 0 Å². The van der Waals surface area contributed by atoms with E-state index >= 15 is 0 Å². The molecule has 0 amide bonds. The van der Waals surface area contributed by atoms with Crippen molar-refractivity contribution in [2.45, 2.75) is 11.4 Å². The molecule has 0 radical (unpaired) electrons. The van der Waals surface area contributed by atoms with Gasteiger partial charge < -0.3 is 9.47 Å². The van der Waals surface area contributed by atoms with Gasteiger partial charge in [-0.3, -0.25) is 0 Å². The van der Waals surface area contributed by atoms with Crippen LogP contribution in [0.3, 0.4) is 0 Å². The summed E-state index contributed by atoms with van der Waals surface area (Å²) in [5, 5.41) is 9.02. The van der Waals surface area contributed by atoms with Gasteiger partial charge in [-0.2, -0.15) is 5.26 Å². The molecular formula is C16H16N2O4S. The van der Waals surface area contributed by atoms with E-state index in [4.69, 9.17) is 14.7 Å². The van der Waals surface area contributed by atoms with E-state index in [-0.39, 0.29) is 17.0 Å². The summed E-state index contributed by atoms with van der Waals surface area (Å²) in [6.07, 6.45) is 0. The Labute approximate surface area is 135 Å². The van der Waals surface area contributed by atoms with Crippen LogP contribution in [0, 0.1) is 11.3 Å². The summed E-state index contributed by atoms with van der Waals surface area (Å²) in [5.74, 6) is 1.08. The van der Waals surface area contributed by atoms with E-state index in [0.29, 0.717) is 17.1 Å². The van der Waals surface area contributed by atoms with E-state index in [9.17, 15) is 8.42 Å². The van der Waals surface area contributed by atoms with E-state index in [1.165, 1.54) is 26.4 Å². The molecule has 0 atom stereocenters. The maximum absolute atomic E-state index is 12.3.